The van der Waals surface area contributed by atoms with Crippen molar-refractivity contribution in [3.63, 3.8) is 0 Å². The highest BCUT2D eigenvalue weighted by Crippen LogP contribution is 2.23. The van der Waals surface area contributed by atoms with Crippen LogP contribution in [-0.4, -0.2) is 25.7 Å². The first-order chi connectivity index (χ1) is 8.70. The first-order valence-electron chi connectivity index (χ1n) is 6.27. The Balaban J connectivity index is 2.05. The summed E-state index contributed by atoms with van der Waals surface area (Å²) < 4.78 is 5.88. The molecular weight excluding hydrogens is 294 g/mol. The van der Waals surface area contributed by atoms with Crippen LogP contribution in [0, 0.1) is 0 Å². The van der Waals surface area contributed by atoms with Crippen LogP contribution in [0.5, 0.6) is 0 Å². The number of carbonyl (C=O) groups excluding carboxylic acids is 1. The van der Waals surface area contributed by atoms with Crippen LogP contribution >= 0.6 is 15.9 Å². The zero-order valence-electron chi connectivity index (χ0n) is 10.5. The maximum atomic E-state index is 11.9. The highest BCUT2D eigenvalue weighted by molar-refractivity contribution is 9.10. The molecule has 1 unspecified atom stereocenters. The lowest BCUT2D eigenvalue weighted by molar-refractivity contribution is -0.142. The van der Waals surface area contributed by atoms with Crippen LogP contribution in [0.4, 0.5) is 0 Å². The number of nitrogens with one attached hydrogen (secondary N) is 1. The number of hydrogen-bond donors (Lipinski definition) is 1. The third kappa shape index (κ3) is 3.33. The molecule has 0 heterocycles. The van der Waals surface area contributed by atoms with E-state index in [-0.39, 0.29) is 11.9 Å². The quantitative estimate of drug-likeness (QED) is 0.850. The van der Waals surface area contributed by atoms with Gasteiger partial charge in [-0.25, -0.2) is 0 Å². The summed E-state index contributed by atoms with van der Waals surface area (Å²) in [6, 6.07) is 8.42. The van der Waals surface area contributed by atoms with Gasteiger partial charge in [-0.1, -0.05) is 34.5 Å². The van der Waals surface area contributed by atoms with E-state index in [1.807, 2.05) is 24.3 Å². The van der Waals surface area contributed by atoms with Gasteiger partial charge < -0.3 is 10.1 Å². The molecule has 0 bridgehead atoms. The molecule has 0 radical (unpaired) electrons. The molecule has 1 aliphatic rings. The fourth-order valence-corrected chi connectivity index (χ4v) is 2.52. The molecule has 1 atom stereocenters. The molecular formula is C14H18BrNO2. The first-order valence-corrected chi connectivity index (χ1v) is 7.06. The number of carbonyl (C=O) groups is 1. The molecule has 1 fully saturated rings. The number of benzene rings is 1. The van der Waals surface area contributed by atoms with Crippen molar-refractivity contribution in [2.75, 3.05) is 13.7 Å². The molecule has 1 aromatic rings. The minimum atomic E-state index is -0.229. The fraction of sp³-hybridized carbons (Fsp3) is 0.500. The zero-order chi connectivity index (χ0) is 13.0. The van der Waals surface area contributed by atoms with E-state index in [2.05, 4.69) is 21.2 Å². The van der Waals surface area contributed by atoms with Crippen LogP contribution in [0.3, 0.4) is 0 Å². The molecule has 18 heavy (non-hydrogen) atoms. The third-order valence-electron chi connectivity index (χ3n) is 3.45. The van der Waals surface area contributed by atoms with Gasteiger partial charge in [0.2, 0.25) is 0 Å². The van der Waals surface area contributed by atoms with Crippen molar-refractivity contribution in [1.82, 2.24) is 5.32 Å². The molecule has 1 N–H and O–H groups in total. The normalized spacial score (nSPS) is 17.0. The zero-order valence-corrected chi connectivity index (χ0v) is 12.1. The molecule has 2 rings (SSSR count). The Labute approximate surface area is 116 Å². The van der Waals surface area contributed by atoms with Crippen molar-refractivity contribution in [3.8, 4) is 0 Å². The average molecular weight is 312 g/mol. The van der Waals surface area contributed by atoms with Crippen LogP contribution in [0.25, 0.3) is 0 Å². The van der Waals surface area contributed by atoms with E-state index in [1.54, 1.807) is 0 Å². The van der Waals surface area contributed by atoms with Gasteiger partial charge in [-0.3, -0.25) is 4.79 Å². The molecule has 4 heteroatoms. The number of hydrogen-bond acceptors (Lipinski definition) is 3. The van der Waals surface area contributed by atoms with Crippen molar-refractivity contribution >= 4 is 21.9 Å². The van der Waals surface area contributed by atoms with Gasteiger partial charge in [0, 0.05) is 17.1 Å². The molecule has 1 saturated carbocycles. The molecule has 1 aromatic carbocycles. The summed E-state index contributed by atoms with van der Waals surface area (Å²) in [6.07, 6.45) is 3.72. The Kier molecular flexibility index (Phi) is 4.78. The molecule has 0 amide bonds. The van der Waals surface area contributed by atoms with Crippen LogP contribution in [0.1, 0.15) is 30.7 Å². The Morgan fingerprint density at radius 2 is 2.33 bits per heavy atom. The van der Waals surface area contributed by atoms with Gasteiger partial charge in [0.25, 0.3) is 0 Å². The van der Waals surface area contributed by atoms with Crippen molar-refractivity contribution < 1.29 is 9.53 Å². The van der Waals surface area contributed by atoms with Gasteiger partial charge in [-0.05, 0) is 30.5 Å². The molecule has 0 spiro atoms. The largest absolute Gasteiger partial charge is 0.469 e. The second kappa shape index (κ2) is 6.34. The summed E-state index contributed by atoms with van der Waals surface area (Å²) in [7, 11) is 1.44. The topological polar surface area (TPSA) is 38.3 Å². The summed E-state index contributed by atoms with van der Waals surface area (Å²) in [6.45, 7) is 0.647. The van der Waals surface area contributed by atoms with E-state index in [4.69, 9.17) is 4.74 Å². The van der Waals surface area contributed by atoms with E-state index in [0.717, 1.165) is 10.0 Å². The Morgan fingerprint density at radius 3 is 2.89 bits per heavy atom. The molecule has 0 aromatic heterocycles. The first kappa shape index (κ1) is 13.6. The maximum Gasteiger partial charge on any atom is 0.314 e. The van der Waals surface area contributed by atoms with E-state index in [0.29, 0.717) is 12.6 Å². The van der Waals surface area contributed by atoms with Gasteiger partial charge in [-0.15, -0.1) is 0 Å². The summed E-state index contributed by atoms with van der Waals surface area (Å²) in [5.74, 6) is -0.409. The van der Waals surface area contributed by atoms with Crippen molar-refractivity contribution in [3.05, 3.63) is 34.3 Å². The predicted octanol–water partition coefficient (Wildman–Crippen LogP) is 2.85. The Bertz CT molecular complexity index is 418. The number of esters is 1. The molecule has 98 valence electrons. The number of methoxy groups -OCH3 is 1. The second-order valence-electron chi connectivity index (χ2n) is 4.67. The maximum absolute atomic E-state index is 11.9. The van der Waals surface area contributed by atoms with Crippen LogP contribution in [0.15, 0.2) is 28.7 Å². The fourth-order valence-electron chi connectivity index (χ4n) is 2.10. The summed E-state index contributed by atoms with van der Waals surface area (Å²) in [5.41, 5.74) is 0.989. The van der Waals surface area contributed by atoms with Crippen molar-refractivity contribution in [1.29, 1.82) is 0 Å². The minimum absolute atomic E-state index is 0.181. The van der Waals surface area contributed by atoms with Crippen molar-refractivity contribution in [2.45, 2.75) is 31.2 Å². The number of rotatable bonds is 5. The van der Waals surface area contributed by atoms with Crippen molar-refractivity contribution in [2.24, 2.45) is 0 Å². The summed E-state index contributed by atoms with van der Waals surface area (Å²) in [5, 5.41) is 3.44. The predicted molar refractivity (Wildman–Crippen MR) is 74.5 cm³/mol. The molecule has 1 aliphatic carbocycles. The standard InChI is InChI=1S/C14H18BrNO2/c1-18-14(17)13(9-16-12-6-3-7-12)10-4-2-5-11(15)8-10/h2,4-5,8,12-13,16H,3,6-7,9H2,1H3. The van der Waals surface area contributed by atoms with E-state index >= 15 is 0 Å². The number of halogens is 1. The van der Waals surface area contributed by atoms with Gasteiger partial charge in [0.1, 0.15) is 0 Å². The van der Waals surface area contributed by atoms with Crippen LogP contribution in [-0.2, 0) is 9.53 Å². The lowest BCUT2D eigenvalue weighted by atomic mass is 9.91. The highest BCUT2D eigenvalue weighted by Gasteiger charge is 2.24. The molecule has 0 saturated heterocycles. The Hall–Kier alpha value is -0.870. The van der Waals surface area contributed by atoms with Crippen LogP contribution in [0.2, 0.25) is 0 Å². The third-order valence-corrected chi connectivity index (χ3v) is 3.95. The van der Waals surface area contributed by atoms with E-state index in [1.165, 1.54) is 26.4 Å². The summed E-state index contributed by atoms with van der Waals surface area (Å²) in [4.78, 5) is 11.9. The SMILES string of the molecule is COC(=O)C(CNC1CCC1)c1cccc(Br)c1. The minimum Gasteiger partial charge on any atom is -0.469 e. The smallest absolute Gasteiger partial charge is 0.314 e. The van der Waals surface area contributed by atoms with Gasteiger partial charge >= 0.3 is 5.97 Å². The van der Waals surface area contributed by atoms with E-state index in [9.17, 15) is 4.79 Å². The highest BCUT2D eigenvalue weighted by atomic mass is 79.9. The molecule has 3 nitrogen and oxygen atoms in total. The van der Waals surface area contributed by atoms with Gasteiger partial charge in [0.05, 0.1) is 13.0 Å². The lowest BCUT2D eigenvalue weighted by Gasteiger charge is -2.28. The van der Waals surface area contributed by atoms with Crippen LogP contribution < -0.4 is 5.32 Å². The summed E-state index contributed by atoms with van der Waals surface area (Å²) >= 11 is 3.43. The van der Waals surface area contributed by atoms with E-state index < -0.39 is 0 Å². The lowest BCUT2D eigenvalue weighted by Crippen LogP contribution is -2.39. The Morgan fingerprint density at radius 1 is 1.56 bits per heavy atom. The average Bonchev–Trinajstić information content (AvgIpc) is 2.31. The molecule has 0 aliphatic heterocycles. The number of ether oxygens (including phenoxy) is 1. The second-order valence-corrected chi connectivity index (χ2v) is 5.58. The monoisotopic (exact) mass is 311 g/mol. The van der Waals surface area contributed by atoms with Gasteiger partial charge in [-0.2, -0.15) is 0 Å². The van der Waals surface area contributed by atoms with Gasteiger partial charge in [0.15, 0.2) is 0 Å².